The van der Waals surface area contributed by atoms with Crippen LogP contribution in [-0.2, 0) is 6.54 Å². The molecule has 20 heavy (non-hydrogen) atoms. The van der Waals surface area contributed by atoms with Gasteiger partial charge in [-0.05, 0) is 29.9 Å². The summed E-state index contributed by atoms with van der Waals surface area (Å²) >= 11 is 5.32. The number of hydrogen-bond acceptors (Lipinski definition) is 2. The van der Waals surface area contributed by atoms with Crippen LogP contribution in [0.2, 0.25) is 0 Å². The summed E-state index contributed by atoms with van der Waals surface area (Å²) in [6, 6.07) is 18.6. The van der Waals surface area contributed by atoms with Gasteiger partial charge < -0.3 is 4.57 Å². The maximum absolute atomic E-state index is 5.32. The van der Waals surface area contributed by atoms with E-state index in [0.29, 0.717) is 4.77 Å². The molecule has 0 saturated heterocycles. The van der Waals surface area contributed by atoms with Crippen molar-refractivity contribution >= 4 is 29.0 Å². The monoisotopic (exact) mass is 280 g/mol. The fraction of sp³-hybridized carbons (Fsp3) is 0.0667. The summed E-state index contributed by atoms with van der Waals surface area (Å²) in [4.78, 5) is 0. The van der Waals surface area contributed by atoms with Crippen molar-refractivity contribution in [2.24, 2.45) is 0 Å². The van der Waals surface area contributed by atoms with Crippen LogP contribution in [0.1, 0.15) is 5.56 Å². The molecule has 5 heteroatoms. The lowest BCUT2D eigenvalue weighted by atomic mass is 10.2. The zero-order valence-corrected chi connectivity index (χ0v) is 11.5. The van der Waals surface area contributed by atoms with Gasteiger partial charge in [0.2, 0.25) is 10.5 Å². The van der Waals surface area contributed by atoms with Crippen LogP contribution < -0.4 is 0 Å². The van der Waals surface area contributed by atoms with E-state index in [1.807, 2.05) is 22.6 Å². The molecule has 0 unspecified atom stereocenters. The van der Waals surface area contributed by atoms with Crippen molar-refractivity contribution in [1.82, 2.24) is 19.2 Å². The zero-order valence-electron chi connectivity index (χ0n) is 10.7. The molecule has 4 rings (SSSR count). The molecule has 0 amide bonds. The maximum Gasteiger partial charge on any atom is 0.235 e. The van der Waals surface area contributed by atoms with Crippen LogP contribution in [0, 0.1) is 4.77 Å². The number of nitrogens with zero attached hydrogens (tertiary/aromatic N) is 3. The molecule has 4 aromatic rings. The Morgan fingerprint density at radius 1 is 0.950 bits per heavy atom. The van der Waals surface area contributed by atoms with Gasteiger partial charge in [0.1, 0.15) is 0 Å². The van der Waals surface area contributed by atoms with Gasteiger partial charge >= 0.3 is 0 Å². The lowest BCUT2D eigenvalue weighted by Crippen LogP contribution is -2.00. The molecule has 2 aromatic carbocycles. The molecule has 0 atom stereocenters. The van der Waals surface area contributed by atoms with Crippen LogP contribution in [0.3, 0.4) is 0 Å². The standard InChI is InChI=1S/C15H12N4S/c20-15-17-16-14-18(10-11-6-2-1-3-7-11)12-8-4-5-9-13(12)19(14)15/h1-9H,10H2,(H,17,20). The molecular weight excluding hydrogens is 268 g/mol. The Hall–Kier alpha value is -2.40. The van der Waals surface area contributed by atoms with Crippen LogP contribution in [0.15, 0.2) is 54.6 Å². The van der Waals surface area contributed by atoms with Crippen LogP contribution >= 0.6 is 12.2 Å². The van der Waals surface area contributed by atoms with E-state index >= 15 is 0 Å². The van der Waals surface area contributed by atoms with Crippen molar-refractivity contribution in [3.8, 4) is 0 Å². The molecule has 4 nitrogen and oxygen atoms in total. The summed E-state index contributed by atoms with van der Waals surface area (Å²) in [5, 5.41) is 7.23. The van der Waals surface area contributed by atoms with E-state index in [9.17, 15) is 0 Å². The third-order valence-electron chi connectivity index (χ3n) is 3.49. The highest BCUT2D eigenvalue weighted by molar-refractivity contribution is 7.71. The molecule has 2 heterocycles. The molecule has 0 aliphatic carbocycles. The summed E-state index contributed by atoms with van der Waals surface area (Å²) in [5.41, 5.74) is 3.46. The van der Waals surface area contributed by atoms with Crippen LogP contribution in [-0.4, -0.2) is 19.2 Å². The highest BCUT2D eigenvalue weighted by Crippen LogP contribution is 2.21. The van der Waals surface area contributed by atoms with Crippen molar-refractivity contribution in [2.75, 3.05) is 0 Å². The van der Waals surface area contributed by atoms with Gasteiger partial charge in [-0.3, -0.25) is 4.40 Å². The maximum atomic E-state index is 5.32. The zero-order chi connectivity index (χ0) is 13.5. The molecule has 0 aliphatic rings. The number of para-hydroxylation sites is 2. The van der Waals surface area contributed by atoms with E-state index in [2.05, 4.69) is 51.2 Å². The summed E-state index contributed by atoms with van der Waals surface area (Å²) in [7, 11) is 0. The van der Waals surface area contributed by atoms with E-state index in [4.69, 9.17) is 12.2 Å². The third kappa shape index (κ3) is 1.60. The third-order valence-corrected chi connectivity index (χ3v) is 3.77. The fourth-order valence-corrected chi connectivity index (χ4v) is 2.82. The quantitative estimate of drug-likeness (QED) is 0.571. The second-order valence-electron chi connectivity index (χ2n) is 4.72. The molecule has 0 fully saturated rings. The smallest absolute Gasteiger partial charge is 0.235 e. The molecule has 98 valence electrons. The highest BCUT2D eigenvalue weighted by Gasteiger charge is 2.12. The van der Waals surface area contributed by atoms with Gasteiger partial charge in [-0.25, -0.2) is 5.10 Å². The van der Waals surface area contributed by atoms with Gasteiger partial charge in [0.05, 0.1) is 17.6 Å². The first-order valence-corrected chi connectivity index (χ1v) is 6.84. The Kier molecular flexibility index (Phi) is 2.47. The van der Waals surface area contributed by atoms with E-state index in [1.54, 1.807) is 0 Å². The summed E-state index contributed by atoms with van der Waals surface area (Å²) < 4.78 is 4.79. The number of fused-ring (bicyclic) bond motifs is 3. The molecule has 0 saturated carbocycles. The van der Waals surface area contributed by atoms with E-state index in [1.165, 1.54) is 5.56 Å². The molecule has 0 aliphatic heterocycles. The Morgan fingerprint density at radius 2 is 1.65 bits per heavy atom. The molecular formula is C15H12N4S. The first-order valence-electron chi connectivity index (χ1n) is 6.43. The number of benzene rings is 2. The number of rotatable bonds is 2. The number of nitrogens with one attached hydrogen (secondary N) is 1. The first kappa shape index (κ1) is 11.4. The lowest BCUT2D eigenvalue weighted by molar-refractivity contribution is 0.839. The predicted molar refractivity (Wildman–Crippen MR) is 81.4 cm³/mol. The molecule has 0 spiro atoms. The van der Waals surface area contributed by atoms with Crippen molar-refractivity contribution in [2.45, 2.75) is 6.54 Å². The van der Waals surface area contributed by atoms with Gasteiger partial charge in [0, 0.05) is 0 Å². The fourth-order valence-electron chi connectivity index (χ4n) is 2.60. The van der Waals surface area contributed by atoms with E-state index in [0.717, 1.165) is 23.4 Å². The van der Waals surface area contributed by atoms with Gasteiger partial charge in [0.25, 0.3) is 0 Å². The van der Waals surface area contributed by atoms with Crippen LogP contribution in [0.4, 0.5) is 0 Å². The van der Waals surface area contributed by atoms with Gasteiger partial charge in [-0.1, -0.05) is 42.5 Å². The number of aromatic nitrogens is 4. The number of aromatic amines is 1. The van der Waals surface area contributed by atoms with Gasteiger partial charge in [-0.15, -0.1) is 5.10 Å². The highest BCUT2D eigenvalue weighted by atomic mass is 32.1. The van der Waals surface area contributed by atoms with Crippen molar-refractivity contribution in [3.05, 3.63) is 64.9 Å². The molecule has 2 aromatic heterocycles. The average Bonchev–Trinajstić information content (AvgIpc) is 3.01. The number of imidazole rings is 1. The Bertz CT molecular complexity index is 946. The van der Waals surface area contributed by atoms with E-state index in [-0.39, 0.29) is 0 Å². The van der Waals surface area contributed by atoms with Crippen molar-refractivity contribution in [3.63, 3.8) is 0 Å². The number of hydrogen-bond donors (Lipinski definition) is 1. The minimum Gasteiger partial charge on any atom is -0.304 e. The Morgan fingerprint density at radius 3 is 2.45 bits per heavy atom. The molecule has 0 radical (unpaired) electrons. The summed E-state index contributed by atoms with van der Waals surface area (Å²) in [6.45, 7) is 0.775. The largest absolute Gasteiger partial charge is 0.304 e. The topological polar surface area (TPSA) is 38.0 Å². The van der Waals surface area contributed by atoms with Gasteiger partial charge in [0.15, 0.2) is 0 Å². The van der Waals surface area contributed by atoms with E-state index < -0.39 is 0 Å². The van der Waals surface area contributed by atoms with Crippen molar-refractivity contribution < 1.29 is 0 Å². The number of H-pyrrole nitrogens is 1. The summed E-state index contributed by atoms with van der Waals surface area (Å²) in [5.74, 6) is 0.847. The molecule has 1 N–H and O–H groups in total. The van der Waals surface area contributed by atoms with Crippen molar-refractivity contribution in [1.29, 1.82) is 0 Å². The second-order valence-corrected chi connectivity index (χ2v) is 5.11. The minimum absolute atomic E-state index is 0.628. The SMILES string of the molecule is S=c1[nH]nc2n(Cc3ccccc3)c3ccccc3n12. The van der Waals surface area contributed by atoms with Crippen LogP contribution in [0.5, 0.6) is 0 Å². The lowest BCUT2D eigenvalue weighted by Gasteiger charge is -2.04. The first-order chi connectivity index (χ1) is 9.84. The van der Waals surface area contributed by atoms with Gasteiger partial charge in [-0.2, -0.15) is 0 Å². The van der Waals surface area contributed by atoms with Crippen LogP contribution in [0.25, 0.3) is 16.8 Å². The molecule has 0 bridgehead atoms. The average molecular weight is 280 g/mol. The Balaban J connectivity index is 2.03. The minimum atomic E-state index is 0.628. The Labute approximate surface area is 120 Å². The second kappa shape index (κ2) is 4.31. The predicted octanol–water partition coefficient (Wildman–Crippen LogP) is 3.39. The normalized spacial score (nSPS) is 11.4. The summed E-state index contributed by atoms with van der Waals surface area (Å²) in [6.07, 6.45) is 0.